The normalized spacial score (nSPS) is 10.5. The highest BCUT2D eigenvalue weighted by Crippen LogP contribution is 2.25. The van der Waals surface area contributed by atoms with Gasteiger partial charge in [0, 0.05) is 0 Å². The molecule has 0 bridgehead atoms. The van der Waals surface area contributed by atoms with Crippen LogP contribution in [0.4, 0.5) is 0 Å². The second kappa shape index (κ2) is 7.14. The van der Waals surface area contributed by atoms with Gasteiger partial charge in [-0.25, -0.2) is 0 Å². The van der Waals surface area contributed by atoms with E-state index >= 15 is 0 Å². The van der Waals surface area contributed by atoms with Gasteiger partial charge in [0.2, 0.25) is 0 Å². The molecule has 0 fully saturated rings. The lowest BCUT2D eigenvalue weighted by Gasteiger charge is -2.13. The third-order valence-electron chi connectivity index (χ3n) is 3.65. The second-order valence-electron chi connectivity index (χ2n) is 5.22. The molecule has 0 aliphatic rings. The minimum Gasteiger partial charge on any atom is -0.497 e. The summed E-state index contributed by atoms with van der Waals surface area (Å²) in [5.74, 6) is 1.71. The van der Waals surface area contributed by atoms with Crippen LogP contribution in [0.1, 0.15) is 22.3 Å². The molecule has 0 spiro atoms. The molecule has 0 radical (unpaired) electrons. The predicted octanol–water partition coefficient (Wildman–Crippen LogP) is 3.39. The van der Waals surface area contributed by atoms with Gasteiger partial charge in [0.25, 0.3) is 0 Å². The number of benzene rings is 2. The van der Waals surface area contributed by atoms with Crippen LogP contribution in [-0.4, -0.2) is 13.7 Å². The lowest BCUT2D eigenvalue weighted by atomic mass is 10.1. The Morgan fingerprint density at radius 3 is 2.48 bits per heavy atom. The number of ether oxygens (including phenoxy) is 2. The van der Waals surface area contributed by atoms with Gasteiger partial charge >= 0.3 is 0 Å². The molecule has 2 N–H and O–H groups in total. The van der Waals surface area contributed by atoms with Gasteiger partial charge in [-0.2, -0.15) is 0 Å². The van der Waals surface area contributed by atoms with E-state index in [0.29, 0.717) is 13.2 Å². The van der Waals surface area contributed by atoms with Crippen molar-refractivity contribution in [2.24, 2.45) is 5.73 Å². The fourth-order valence-electron chi connectivity index (χ4n) is 2.23. The smallest absolute Gasteiger partial charge is 0.123 e. The largest absolute Gasteiger partial charge is 0.497 e. The Labute approximate surface area is 126 Å². The number of aryl methyl sites for hydroxylation is 2. The van der Waals surface area contributed by atoms with Crippen molar-refractivity contribution in [1.82, 2.24) is 0 Å². The summed E-state index contributed by atoms with van der Waals surface area (Å²) in [5.41, 5.74) is 10.5. The van der Waals surface area contributed by atoms with Gasteiger partial charge in [0.05, 0.1) is 7.11 Å². The van der Waals surface area contributed by atoms with E-state index in [1.54, 1.807) is 7.11 Å². The van der Waals surface area contributed by atoms with Crippen molar-refractivity contribution in [1.29, 1.82) is 0 Å². The maximum Gasteiger partial charge on any atom is 0.123 e. The molecule has 0 heterocycles. The van der Waals surface area contributed by atoms with E-state index in [2.05, 4.69) is 32.0 Å². The van der Waals surface area contributed by atoms with Crippen LogP contribution in [0, 0.1) is 13.8 Å². The van der Waals surface area contributed by atoms with Gasteiger partial charge in [0.1, 0.15) is 18.1 Å². The molecule has 3 heteroatoms. The molecule has 0 saturated heterocycles. The zero-order valence-corrected chi connectivity index (χ0v) is 13.0. The minimum absolute atomic E-state index is 0.561. The molecule has 0 saturated carbocycles. The summed E-state index contributed by atoms with van der Waals surface area (Å²) in [7, 11) is 1.66. The quantitative estimate of drug-likeness (QED) is 0.884. The average molecular weight is 285 g/mol. The molecule has 0 aliphatic carbocycles. The van der Waals surface area contributed by atoms with Crippen molar-refractivity contribution in [3.63, 3.8) is 0 Å². The topological polar surface area (TPSA) is 44.5 Å². The first-order chi connectivity index (χ1) is 10.1. The summed E-state index contributed by atoms with van der Waals surface area (Å²) in [6.07, 6.45) is 0.777. The highest BCUT2D eigenvalue weighted by atomic mass is 16.5. The highest BCUT2D eigenvalue weighted by molar-refractivity contribution is 5.41. The van der Waals surface area contributed by atoms with Crippen LogP contribution in [-0.2, 0) is 13.0 Å². The molecule has 0 amide bonds. The van der Waals surface area contributed by atoms with Crippen molar-refractivity contribution >= 4 is 0 Å². The van der Waals surface area contributed by atoms with Crippen LogP contribution in [0.15, 0.2) is 36.4 Å². The van der Waals surface area contributed by atoms with E-state index in [0.717, 1.165) is 23.5 Å². The first-order valence-corrected chi connectivity index (χ1v) is 7.20. The van der Waals surface area contributed by atoms with Gasteiger partial charge in [-0.05, 0) is 67.3 Å². The molecule has 0 aromatic heterocycles. The lowest BCUT2D eigenvalue weighted by Crippen LogP contribution is -2.06. The third kappa shape index (κ3) is 3.99. The van der Waals surface area contributed by atoms with Crippen LogP contribution in [0.2, 0.25) is 0 Å². The number of nitrogens with two attached hydrogens (primary N) is 1. The molecule has 0 aliphatic heterocycles. The zero-order valence-electron chi connectivity index (χ0n) is 13.0. The Bertz CT molecular complexity index is 608. The molecule has 0 unspecified atom stereocenters. The van der Waals surface area contributed by atoms with Gasteiger partial charge in [0.15, 0.2) is 0 Å². The Morgan fingerprint density at radius 1 is 1.00 bits per heavy atom. The molecule has 0 atom stereocenters. The lowest BCUT2D eigenvalue weighted by molar-refractivity contribution is 0.302. The van der Waals surface area contributed by atoms with E-state index in [1.165, 1.54) is 16.7 Å². The maximum atomic E-state index is 5.96. The Balaban J connectivity index is 2.13. The second-order valence-corrected chi connectivity index (χ2v) is 5.22. The molecule has 3 nitrogen and oxygen atoms in total. The summed E-state index contributed by atoms with van der Waals surface area (Å²) in [5, 5.41) is 0. The van der Waals surface area contributed by atoms with Crippen molar-refractivity contribution in [3.8, 4) is 11.5 Å². The molecular weight excluding hydrogens is 262 g/mol. The Kier molecular flexibility index (Phi) is 5.23. The third-order valence-corrected chi connectivity index (χ3v) is 3.65. The van der Waals surface area contributed by atoms with Crippen molar-refractivity contribution in [2.75, 3.05) is 13.7 Å². The number of hydrogen-bond donors (Lipinski definition) is 1. The maximum absolute atomic E-state index is 5.96. The first kappa shape index (κ1) is 15.4. The zero-order chi connectivity index (χ0) is 15.2. The molecule has 2 aromatic carbocycles. The van der Waals surface area contributed by atoms with Crippen LogP contribution >= 0.6 is 0 Å². The summed E-state index contributed by atoms with van der Waals surface area (Å²) >= 11 is 0. The fourth-order valence-corrected chi connectivity index (χ4v) is 2.23. The van der Waals surface area contributed by atoms with E-state index in [4.69, 9.17) is 15.2 Å². The molecule has 112 valence electrons. The van der Waals surface area contributed by atoms with Crippen LogP contribution in [0.5, 0.6) is 11.5 Å². The summed E-state index contributed by atoms with van der Waals surface area (Å²) in [6.45, 7) is 5.38. The van der Waals surface area contributed by atoms with E-state index in [-0.39, 0.29) is 0 Å². The Morgan fingerprint density at radius 2 is 1.81 bits per heavy atom. The predicted molar refractivity (Wildman–Crippen MR) is 86.0 cm³/mol. The molecular formula is C18H23NO2. The molecule has 2 aromatic rings. The molecule has 21 heavy (non-hydrogen) atoms. The highest BCUT2D eigenvalue weighted by Gasteiger charge is 2.06. The van der Waals surface area contributed by atoms with Crippen molar-refractivity contribution < 1.29 is 9.47 Å². The number of hydrogen-bond acceptors (Lipinski definition) is 3. The first-order valence-electron chi connectivity index (χ1n) is 7.20. The summed E-state index contributed by atoms with van der Waals surface area (Å²) in [4.78, 5) is 0. The van der Waals surface area contributed by atoms with E-state index in [1.807, 2.05) is 18.2 Å². The Hall–Kier alpha value is -2.00. The summed E-state index contributed by atoms with van der Waals surface area (Å²) in [6, 6.07) is 12.3. The van der Waals surface area contributed by atoms with Gasteiger partial charge in [-0.15, -0.1) is 0 Å². The van der Waals surface area contributed by atoms with Crippen molar-refractivity contribution in [2.45, 2.75) is 26.9 Å². The average Bonchev–Trinajstić information content (AvgIpc) is 2.49. The van der Waals surface area contributed by atoms with Crippen LogP contribution in [0.3, 0.4) is 0 Å². The number of methoxy groups -OCH3 is 1. The number of rotatable bonds is 6. The summed E-state index contributed by atoms with van der Waals surface area (Å²) < 4.78 is 11.2. The molecule has 2 rings (SSSR count). The monoisotopic (exact) mass is 285 g/mol. The SMILES string of the molecule is COc1ccc(OCc2ccc(C)c(C)c2)c(CCN)c1. The van der Waals surface area contributed by atoms with Crippen LogP contribution < -0.4 is 15.2 Å². The minimum atomic E-state index is 0.561. The standard InChI is InChI=1S/C18H23NO2/c1-13-4-5-15(10-14(13)2)12-21-18-7-6-17(20-3)11-16(18)8-9-19/h4-7,10-11H,8-9,12,19H2,1-3H3. The van der Waals surface area contributed by atoms with Crippen molar-refractivity contribution in [3.05, 3.63) is 58.7 Å². The van der Waals surface area contributed by atoms with Crippen LogP contribution in [0.25, 0.3) is 0 Å². The van der Waals surface area contributed by atoms with Gasteiger partial charge in [-0.1, -0.05) is 18.2 Å². The van der Waals surface area contributed by atoms with Gasteiger partial charge in [-0.3, -0.25) is 0 Å². The van der Waals surface area contributed by atoms with E-state index < -0.39 is 0 Å². The fraction of sp³-hybridized carbons (Fsp3) is 0.333. The van der Waals surface area contributed by atoms with E-state index in [9.17, 15) is 0 Å². The van der Waals surface area contributed by atoms with Gasteiger partial charge < -0.3 is 15.2 Å².